The summed E-state index contributed by atoms with van der Waals surface area (Å²) in [5.41, 5.74) is 0. The summed E-state index contributed by atoms with van der Waals surface area (Å²) in [6.07, 6.45) is 0.152. The first-order chi connectivity index (χ1) is 9.62. The summed E-state index contributed by atoms with van der Waals surface area (Å²) in [5.74, 6) is -0.367. The van der Waals surface area contributed by atoms with Crippen molar-refractivity contribution in [2.75, 3.05) is 20.4 Å². The molecule has 110 valence electrons. The van der Waals surface area contributed by atoms with Crippen molar-refractivity contribution in [3.63, 3.8) is 0 Å². The number of benzene rings is 1. The number of rotatable bonds is 8. The Morgan fingerprint density at radius 3 is 2.50 bits per heavy atom. The summed E-state index contributed by atoms with van der Waals surface area (Å²) in [6, 6.07) is 7.30. The molecular formula is C12H16NO6P. The molecule has 0 aliphatic rings. The third-order valence-electron chi connectivity index (χ3n) is 2.43. The van der Waals surface area contributed by atoms with Crippen LogP contribution in [0.3, 0.4) is 0 Å². The lowest BCUT2D eigenvalue weighted by Crippen LogP contribution is -2.45. The number of carbonyl (C=O) groups excluding carboxylic acids is 2. The Labute approximate surface area is 117 Å². The molecule has 0 aromatic heterocycles. The van der Waals surface area contributed by atoms with E-state index in [1.165, 1.54) is 14.2 Å². The Morgan fingerprint density at radius 2 is 2.00 bits per heavy atom. The Kier molecular flexibility index (Phi) is 6.76. The van der Waals surface area contributed by atoms with Crippen molar-refractivity contribution < 1.29 is 28.3 Å². The minimum absolute atomic E-state index is 0.181. The summed E-state index contributed by atoms with van der Waals surface area (Å²) >= 11 is 0. The van der Waals surface area contributed by atoms with Gasteiger partial charge in [0, 0.05) is 7.11 Å². The van der Waals surface area contributed by atoms with E-state index in [1.54, 1.807) is 30.3 Å². The van der Waals surface area contributed by atoms with E-state index in [9.17, 15) is 14.2 Å². The summed E-state index contributed by atoms with van der Waals surface area (Å²) in [5, 5.41) is 0.767. The number of hydroxylamine groups is 2. The summed E-state index contributed by atoms with van der Waals surface area (Å²) in [6.45, 7) is 0. The predicted molar refractivity (Wildman–Crippen MR) is 71.7 cm³/mol. The maximum Gasteiger partial charge on any atom is 0.332 e. The molecule has 0 saturated heterocycles. The van der Waals surface area contributed by atoms with Crippen LogP contribution in [0.4, 0.5) is 0 Å². The van der Waals surface area contributed by atoms with Crippen molar-refractivity contribution in [2.24, 2.45) is 0 Å². The molecule has 0 bridgehead atoms. The number of methoxy groups -OCH3 is 1. The fourth-order valence-corrected chi connectivity index (χ4v) is 2.25. The van der Waals surface area contributed by atoms with Crippen LogP contribution in [0.5, 0.6) is 5.75 Å². The molecule has 8 heteroatoms. The fourth-order valence-electron chi connectivity index (χ4n) is 1.42. The molecule has 1 aromatic carbocycles. The van der Waals surface area contributed by atoms with E-state index in [0.29, 0.717) is 12.2 Å². The zero-order chi connectivity index (χ0) is 15.0. The van der Waals surface area contributed by atoms with E-state index < -0.39 is 20.0 Å². The second-order valence-corrected chi connectivity index (χ2v) is 5.25. The number of carbonyl (C=O) groups is 2. The van der Waals surface area contributed by atoms with Crippen molar-refractivity contribution in [1.82, 2.24) is 5.06 Å². The van der Waals surface area contributed by atoms with Crippen molar-refractivity contribution in [1.29, 1.82) is 0 Å². The van der Waals surface area contributed by atoms with Crippen molar-refractivity contribution in [2.45, 2.75) is 6.04 Å². The molecule has 1 rings (SSSR count). The van der Waals surface area contributed by atoms with E-state index in [2.05, 4.69) is 9.26 Å². The zero-order valence-electron chi connectivity index (χ0n) is 11.1. The molecule has 1 aromatic rings. The monoisotopic (exact) mass is 301 g/mol. The molecule has 0 fully saturated rings. The van der Waals surface area contributed by atoms with Gasteiger partial charge in [0.05, 0.1) is 13.3 Å². The lowest BCUT2D eigenvalue weighted by atomic mass is 10.3. The number of para-hydroxylation sites is 1. The Morgan fingerprint density at radius 1 is 1.35 bits per heavy atom. The van der Waals surface area contributed by atoms with Crippen LogP contribution < -0.4 is 4.84 Å². The molecular weight excluding hydrogens is 285 g/mol. The van der Waals surface area contributed by atoms with Crippen molar-refractivity contribution in [3.05, 3.63) is 30.3 Å². The lowest BCUT2D eigenvalue weighted by molar-refractivity contribution is -0.168. The summed E-state index contributed by atoms with van der Waals surface area (Å²) in [7, 11) is -0.0250. The number of ether oxygens (including phenoxy) is 1. The van der Waals surface area contributed by atoms with E-state index in [1.807, 2.05) is 0 Å². The van der Waals surface area contributed by atoms with Crippen LogP contribution in [0.2, 0.25) is 0 Å². The summed E-state index contributed by atoms with van der Waals surface area (Å²) in [4.78, 5) is 28.1. The minimum Gasteiger partial charge on any atom is -0.467 e. The van der Waals surface area contributed by atoms with Gasteiger partial charge < -0.3 is 14.1 Å². The molecule has 0 aliphatic heterocycles. The number of nitrogens with zero attached hydrogens (tertiary/aromatic N) is 1. The SMILES string of the molecule is COC(=O)C(C[PH](=O)OC)N(C=O)Oc1ccccc1. The van der Waals surface area contributed by atoms with Crippen LogP contribution in [-0.2, 0) is 23.4 Å². The average molecular weight is 301 g/mol. The van der Waals surface area contributed by atoms with E-state index in [4.69, 9.17) is 4.84 Å². The molecule has 20 heavy (non-hydrogen) atoms. The number of hydrogen-bond acceptors (Lipinski definition) is 6. The topological polar surface area (TPSA) is 82.1 Å². The third kappa shape index (κ3) is 4.68. The highest BCUT2D eigenvalue weighted by atomic mass is 31.1. The van der Waals surface area contributed by atoms with Gasteiger partial charge in [-0.2, -0.15) is 5.06 Å². The normalized spacial score (nSPS) is 13.1. The Balaban J connectivity index is 2.87. The maximum absolute atomic E-state index is 11.7. The second-order valence-electron chi connectivity index (χ2n) is 3.69. The molecule has 0 N–H and O–H groups in total. The lowest BCUT2D eigenvalue weighted by Gasteiger charge is -2.24. The number of amides is 1. The molecule has 1 amide bonds. The van der Waals surface area contributed by atoms with Gasteiger partial charge in [0.25, 0.3) is 0 Å². The largest absolute Gasteiger partial charge is 0.467 e. The average Bonchev–Trinajstić information content (AvgIpc) is 2.50. The van der Waals surface area contributed by atoms with Gasteiger partial charge in [-0.1, -0.05) is 18.2 Å². The smallest absolute Gasteiger partial charge is 0.332 e. The molecule has 0 aliphatic carbocycles. The third-order valence-corrected chi connectivity index (χ3v) is 3.60. The standard InChI is InChI=1S/C12H16NO6P/c1-17-12(15)11(8-20(16)18-2)13(9-14)19-10-6-4-3-5-7-10/h3-7,9,11,20H,8H2,1-2H3. The van der Waals surface area contributed by atoms with Gasteiger partial charge in [-0.15, -0.1) is 0 Å². The van der Waals surface area contributed by atoms with Crippen LogP contribution in [0.1, 0.15) is 0 Å². The molecule has 0 spiro atoms. The molecule has 0 radical (unpaired) electrons. The van der Waals surface area contributed by atoms with E-state index in [0.717, 1.165) is 5.06 Å². The first kappa shape index (κ1) is 16.2. The first-order valence-electron chi connectivity index (χ1n) is 5.73. The van der Waals surface area contributed by atoms with Crippen LogP contribution >= 0.6 is 8.03 Å². The highest BCUT2D eigenvalue weighted by Gasteiger charge is 2.30. The maximum atomic E-state index is 11.7. The quantitative estimate of drug-likeness (QED) is 0.309. The van der Waals surface area contributed by atoms with Crippen LogP contribution in [0, 0.1) is 0 Å². The van der Waals surface area contributed by atoms with Gasteiger partial charge in [-0.3, -0.25) is 9.36 Å². The number of hydrogen-bond donors (Lipinski definition) is 0. The van der Waals surface area contributed by atoms with Crippen LogP contribution in [0.15, 0.2) is 30.3 Å². The Hall–Kier alpha value is -1.85. The number of esters is 1. The Bertz CT molecular complexity index is 466. The van der Waals surface area contributed by atoms with Crippen LogP contribution in [0.25, 0.3) is 0 Å². The fraction of sp³-hybridized carbons (Fsp3) is 0.333. The first-order valence-corrected chi connectivity index (χ1v) is 7.26. The zero-order valence-corrected chi connectivity index (χ0v) is 12.1. The molecule has 0 heterocycles. The highest BCUT2D eigenvalue weighted by Crippen LogP contribution is 2.24. The van der Waals surface area contributed by atoms with E-state index in [-0.39, 0.29) is 6.16 Å². The predicted octanol–water partition coefficient (Wildman–Crippen LogP) is 1.10. The minimum atomic E-state index is -2.46. The van der Waals surface area contributed by atoms with Gasteiger partial charge in [-0.25, -0.2) is 4.79 Å². The molecule has 2 unspecified atom stereocenters. The van der Waals surface area contributed by atoms with Gasteiger partial charge >= 0.3 is 5.97 Å². The van der Waals surface area contributed by atoms with Crippen molar-refractivity contribution >= 4 is 20.4 Å². The second kappa shape index (κ2) is 8.35. The highest BCUT2D eigenvalue weighted by molar-refractivity contribution is 7.39. The molecule has 2 atom stereocenters. The molecule has 0 saturated carbocycles. The van der Waals surface area contributed by atoms with Crippen LogP contribution in [-0.4, -0.2) is 43.9 Å². The van der Waals surface area contributed by atoms with Crippen molar-refractivity contribution in [3.8, 4) is 5.75 Å². The van der Waals surface area contributed by atoms with Gasteiger partial charge in [0.1, 0.15) is 0 Å². The van der Waals surface area contributed by atoms with Gasteiger partial charge in [-0.05, 0) is 12.1 Å². The van der Waals surface area contributed by atoms with E-state index >= 15 is 0 Å². The molecule has 7 nitrogen and oxygen atoms in total. The van der Waals surface area contributed by atoms with Gasteiger partial charge in [0.15, 0.2) is 19.8 Å². The van der Waals surface area contributed by atoms with Gasteiger partial charge in [0.2, 0.25) is 6.41 Å². The summed E-state index contributed by atoms with van der Waals surface area (Å²) < 4.78 is 20.7.